The number of rotatable bonds is 6. The Morgan fingerprint density at radius 2 is 2.00 bits per heavy atom. The van der Waals surface area contributed by atoms with Crippen molar-refractivity contribution >= 4 is 11.6 Å². The van der Waals surface area contributed by atoms with Gasteiger partial charge in [-0.2, -0.15) is 0 Å². The van der Waals surface area contributed by atoms with E-state index in [0.29, 0.717) is 17.7 Å². The maximum atomic E-state index is 12.6. The molecule has 2 aromatic rings. The van der Waals surface area contributed by atoms with E-state index in [-0.39, 0.29) is 17.6 Å². The Kier molecular flexibility index (Phi) is 5.75. The van der Waals surface area contributed by atoms with Crippen molar-refractivity contribution in [3.05, 3.63) is 68.8 Å². The van der Waals surface area contributed by atoms with Crippen molar-refractivity contribution in [3.8, 4) is 5.75 Å². The number of carbonyl (C=O) groups is 1. The topological polar surface area (TPSA) is 81.5 Å². The molecule has 0 spiro atoms. The molecule has 0 radical (unpaired) electrons. The van der Waals surface area contributed by atoms with E-state index in [9.17, 15) is 14.9 Å². The zero-order valence-corrected chi connectivity index (χ0v) is 14.8. The summed E-state index contributed by atoms with van der Waals surface area (Å²) in [5.74, 6) is 0.370. The molecule has 1 unspecified atom stereocenters. The Labute approximate surface area is 147 Å². The van der Waals surface area contributed by atoms with Gasteiger partial charge in [0.25, 0.3) is 11.6 Å². The number of nitrogens with zero attached hydrogens (tertiary/aromatic N) is 1. The number of hydrogen-bond acceptors (Lipinski definition) is 4. The molecule has 2 rings (SSSR count). The molecular formula is C19H22N2O4. The van der Waals surface area contributed by atoms with Gasteiger partial charge in [-0.3, -0.25) is 14.9 Å². The molecule has 25 heavy (non-hydrogen) atoms. The highest BCUT2D eigenvalue weighted by molar-refractivity contribution is 5.96. The van der Waals surface area contributed by atoms with E-state index in [1.165, 1.54) is 12.1 Å². The van der Waals surface area contributed by atoms with Gasteiger partial charge in [0.2, 0.25) is 0 Å². The van der Waals surface area contributed by atoms with E-state index in [0.717, 1.165) is 16.9 Å². The SMILES string of the molecule is CCOc1ccc(C)cc1C(C)NC(=O)c1cccc([N+](=O)[O-])c1C. The lowest BCUT2D eigenvalue weighted by Gasteiger charge is -2.19. The number of benzene rings is 2. The zero-order valence-electron chi connectivity index (χ0n) is 14.8. The Hall–Kier alpha value is -2.89. The third-order valence-electron chi connectivity index (χ3n) is 4.03. The van der Waals surface area contributed by atoms with Gasteiger partial charge in [-0.15, -0.1) is 0 Å². The fourth-order valence-corrected chi connectivity index (χ4v) is 2.71. The summed E-state index contributed by atoms with van der Waals surface area (Å²) in [5.41, 5.74) is 2.52. The Balaban J connectivity index is 2.28. The molecule has 0 aliphatic heterocycles. The second-order valence-corrected chi connectivity index (χ2v) is 5.88. The largest absolute Gasteiger partial charge is 0.494 e. The molecule has 0 bridgehead atoms. The number of nitrogens with one attached hydrogen (secondary N) is 1. The molecule has 132 valence electrons. The second kappa shape index (κ2) is 7.79. The van der Waals surface area contributed by atoms with Crippen molar-refractivity contribution < 1.29 is 14.5 Å². The molecule has 0 aliphatic rings. The number of nitro groups is 1. The molecule has 6 heteroatoms. The number of hydrogen-bond donors (Lipinski definition) is 1. The smallest absolute Gasteiger partial charge is 0.273 e. The molecule has 0 saturated heterocycles. The summed E-state index contributed by atoms with van der Waals surface area (Å²) in [7, 11) is 0. The van der Waals surface area contributed by atoms with Gasteiger partial charge in [-0.25, -0.2) is 0 Å². The van der Waals surface area contributed by atoms with Gasteiger partial charge in [-0.1, -0.05) is 23.8 Å². The molecule has 1 amide bonds. The van der Waals surface area contributed by atoms with Crippen molar-refractivity contribution in [1.29, 1.82) is 0 Å². The molecule has 6 nitrogen and oxygen atoms in total. The number of ether oxygens (including phenoxy) is 1. The summed E-state index contributed by atoms with van der Waals surface area (Å²) < 4.78 is 5.63. The molecule has 0 aromatic heterocycles. The number of nitro benzene ring substituents is 1. The van der Waals surface area contributed by atoms with Crippen LogP contribution in [0.2, 0.25) is 0 Å². The van der Waals surface area contributed by atoms with Crippen LogP contribution >= 0.6 is 0 Å². The van der Waals surface area contributed by atoms with Crippen LogP contribution < -0.4 is 10.1 Å². The quantitative estimate of drug-likeness (QED) is 0.633. The fraction of sp³-hybridized carbons (Fsp3) is 0.316. The highest BCUT2D eigenvalue weighted by Gasteiger charge is 2.20. The van der Waals surface area contributed by atoms with Gasteiger partial charge in [0.15, 0.2) is 0 Å². The van der Waals surface area contributed by atoms with Crippen LogP contribution in [0.1, 0.15) is 46.9 Å². The predicted molar refractivity (Wildman–Crippen MR) is 96.1 cm³/mol. The van der Waals surface area contributed by atoms with E-state index in [1.54, 1.807) is 13.0 Å². The summed E-state index contributed by atoms with van der Waals surface area (Å²) in [6.45, 7) is 7.84. The van der Waals surface area contributed by atoms with Gasteiger partial charge in [0.1, 0.15) is 5.75 Å². The first-order chi connectivity index (χ1) is 11.8. The maximum absolute atomic E-state index is 12.6. The molecule has 0 heterocycles. The van der Waals surface area contributed by atoms with Crippen molar-refractivity contribution in [3.63, 3.8) is 0 Å². The Morgan fingerprint density at radius 3 is 2.64 bits per heavy atom. The van der Waals surface area contributed by atoms with Crippen LogP contribution in [0, 0.1) is 24.0 Å². The number of aryl methyl sites for hydroxylation is 1. The van der Waals surface area contributed by atoms with E-state index in [4.69, 9.17) is 4.74 Å². The lowest BCUT2D eigenvalue weighted by molar-refractivity contribution is -0.385. The Morgan fingerprint density at radius 1 is 1.28 bits per heavy atom. The predicted octanol–water partition coefficient (Wildman–Crippen LogP) is 4.10. The normalized spacial score (nSPS) is 11.7. The van der Waals surface area contributed by atoms with Crippen LogP contribution in [0.3, 0.4) is 0 Å². The van der Waals surface area contributed by atoms with Crippen molar-refractivity contribution in [2.75, 3.05) is 6.61 Å². The van der Waals surface area contributed by atoms with Crippen molar-refractivity contribution in [1.82, 2.24) is 5.32 Å². The van der Waals surface area contributed by atoms with Crippen molar-refractivity contribution in [2.45, 2.75) is 33.7 Å². The highest BCUT2D eigenvalue weighted by atomic mass is 16.6. The van der Waals surface area contributed by atoms with Gasteiger partial charge in [0, 0.05) is 22.8 Å². The summed E-state index contributed by atoms with van der Waals surface area (Å²) in [6, 6.07) is 10.0. The van der Waals surface area contributed by atoms with Gasteiger partial charge >= 0.3 is 0 Å². The monoisotopic (exact) mass is 342 g/mol. The standard InChI is InChI=1S/C19H22N2O4/c1-5-25-18-10-9-12(2)11-16(18)14(4)20-19(22)15-7-6-8-17(13(15)3)21(23)24/h6-11,14H,5H2,1-4H3,(H,20,22). The number of carbonyl (C=O) groups excluding carboxylic acids is 1. The van der Waals surface area contributed by atoms with E-state index in [2.05, 4.69) is 5.32 Å². The van der Waals surface area contributed by atoms with Crippen LogP contribution in [0.15, 0.2) is 36.4 Å². The zero-order chi connectivity index (χ0) is 18.6. The molecule has 1 N–H and O–H groups in total. The lowest BCUT2D eigenvalue weighted by Crippen LogP contribution is -2.27. The third kappa shape index (κ3) is 4.15. The maximum Gasteiger partial charge on any atom is 0.273 e. The lowest BCUT2D eigenvalue weighted by atomic mass is 10.0. The first kappa shape index (κ1) is 18.4. The minimum atomic E-state index is -0.483. The van der Waals surface area contributed by atoms with Crippen LogP contribution in [-0.4, -0.2) is 17.4 Å². The fourth-order valence-electron chi connectivity index (χ4n) is 2.71. The molecule has 0 aliphatic carbocycles. The number of amides is 1. The molecule has 0 fully saturated rings. The van der Waals surface area contributed by atoms with Crippen LogP contribution in [0.25, 0.3) is 0 Å². The second-order valence-electron chi connectivity index (χ2n) is 5.88. The third-order valence-corrected chi connectivity index (χ3v) is 4.03. The van der Waals surface area contributed by atoms with Gasteiger partial charge in [0.05, 0.1) is 17.6 Å². The van der Waals surface area contributed by atoms with E-state index >= 15 is 0 Å². The molecule has 2 aromatic carbocycles. The average molecular weight is 342 g/mol. The summed E-state index contributed by atoms with van der Waals surface area (Å²) in [5, 5.41) is 14.0. The van der Waals surface area contributed by atoms with Gasteiger partial charge < -0.3 is 10.1 Å². The summed E-state index contributed by atoms with van der Waals surface area (Å²) in [4.78, 5) is 23.2. The van der Waals surface area contributed by atoms with E-state index < -0.39 is 4.92 Å². The molecular weight excluding hydrogens is 320 g/mol. The van der Waals surface area contributed by atoms with Gasteiger partial charge in [-0.05, 0) is 39.8 Å². The minimum absolute atomic E-state index is 0.0640. The first-order valence-corrected chi connectivity index (χ1v) is 8.13. The van der Waals surface area contributed by atoms with E-state index in [1.807, 2.05) is 39.0 Å². The summed E-state index contributed by atoms with van der Waals surface area (Å²) in [6.07, 6.45) is 0. The first-order valence-electron chi connectivity index (χ1n) is 8.13. The highest BCUT2D eigenvalue weighted by Crippen LogP contribution is 2.27. The van der Waals surface area contributed by atoms with Crippen LogP contribution in [0.4, 0.5) is 5.69 Å². The van der Waals surface area contributed by atoms with Crippen LogP contribution in [-0.2, 0) is 0 Å². The average Bonchev–Trinajstić information content (AvgIpc) is 2.56. The van der Waals surface area contributed by atoms with Crippen molar-refractivity contribution in [2.24, 2.45) is 0 Å². The van der Waals surface area contributed by atoms with Crippen LogP contribution in [0.5, 0.6) is 5.75 Å². The summed E-state index contributed by atoms with van der Waals surface area (Å²) >= 11 is 0. The minimum Gasteiger partial charge on any atom is -0.494 e. The Bertz CT molecular complexity index is 802. The molecule has 1 atom stereocenters. The molecule has 0 saturated carbocycles.